The van der Waals surface area contributed by atoms with Gasteiger partial charge in [-0.05, 0) is 79.6 Å². The van der Waals surface area contributed by atoms with E-state index in [9.17, 15) is 19.8 Å². The Bertz CT molecular complexity index is 1960. The molecule has 0 spiro atoms. The maximum Gasteiger partial charge on any atom is 0.335 e. The van der Waals surface area contributed by atoms with E-state index in [0.717, 1.165) is 103 Å². The molecule has 1 unspecified atom stereocenters. The number of rotatable bonds is 9. The van der Waals surface area contributed by atoms with E-state index in [2.05, 4.69) is 48.8 Å². The molecule has 0 radical (unpaired) electrons. The molecule has 1 atom stereocenters. The van der Waals surface area contributed by atoms with E-state index in [1.807, 2.05) is 24.3 Å². The summed E-state index contributed by atoms with van der Waals surface area (Å²) in [6.07, 6.45) is 7.14. The molecule has 11 nitrogen and oxygen atoms in total. The summed E-state index contributed by atoms with van der Waals surface area (Å²) in [6.45, 7) is 5.83. The van der Waals surface area contributed by atoms with E-state index in [1.165, 1.54) is 24.8 Å². The van der Waals surface area contributed by atoms with Gasteiger partial charge in [0.2, 0.25) is 5.91 Å². The highest BCUT2D eigenvalue weighted by molar-refractivity contribution is 5.99. The molecule has 8 rings (SSSR count). The first-order valence-corrected chi connectivity index (χ1v) is 18.9. The van der Waals surface area contributed by atoms with Gasteiger partial charge >= 0.3 is 5.97 Å². The van der Waals surface area contributed by atoms with Gasteiger partial charge in [-0.3, -0.25) is 9.69 Å². The molecule has 3 aliphatic heterocycles. The molecule has 3 fully saturated rings. The van der Waals surface area contributed by atoms with Crippen molar-refractivity contribution in [1.29, 1.82) is 0 Å². The Morgan fingerprint density at radius 1 is 0.904 bits per heavy atom. The predicted molar refractivity (Wildman–Crippen MR) is 202 cm³/mol. The number of amides is 1. The number of carbonyl (C=O) groups is 2. The molecule has 4 heterocycles. The summed E-state index contributed by atoms with van der Waals surface area (Å²) < 4.78 is 15.3. The largest absolute Gasteiger partial charge is 0.491 e. The van der Waals surface area contributed by atoms with Crippen molar-refractivity contribution in [2.75, 3.05) is 62.7 Å². The zero-order valence-corrected chi connectivity index (χ0v) is 30.0. The van der Waals surface area contributed by atoms with Crippen LogP contribution in [-0.4, -0.2) is 90.7 Å². The van der Waals surface area contributed by atoms with E-state index in [4.69, 9.17) is 9.47 Å². The van der Waals surface area contributed by atoms with Gasteiger partial charge in [0.1, 0.15) is 30.9 Å². The molecule has 2 saturated heterocycles. The van der Waals surface area contributed by atoms with Gasteiger partial charge in [0.25, 0.3) is 0 Å². The fraction of sp³-hybridized carbons (Fsp3) is 0.463. The number of aliphatic hydroxyl groups excluding tert-OH is 1. The Kier molecular flexibility index (Phi) is 9.72. The lowest BCUT2D eigenvalue weighted by Crippen LogP contribution is -2.49. The monoisotopic (exact) mass is 707 g/mol. The summed E-state index contributed by atoms with van der Waals surface area (Å²) in [4.78, 5) is 30.6. The SMILES string of the molecule is CNC(=O)CN1CCN(c2ccc(N3CCCC3O)cc2COc2ccc3c(c2)OCCn2c-3c(C3CCCCC3)c3ccc(C(=O)O)cc32)CC1. The third-order valence-electron chi connectivity index (χ3n) is 11.5. The zero-order valence-electron chi connectivity index (χ0n) is 30.0. The Morgan fingerprint density at radius 3 is 2.48 bits per heavy atom. The number of benzene rings is 3. The van der Waals surface area contributed by atoms with Crippen LogP contribution in [0.1, 0.15) is 72.3 Å². The van der Waals surface area contributed by atoms with Gasteiger partial charge in [0.05, 0.1) is 24.3 Å². The Hall–Kier alpha value is -4.74. The summed E-state index contributed by atoms with van der Waals surface area (Å²) >= 11 is 0. The number of nitrogens with one attached hydrogen (secondary N) is 1. The summed E-state index contributed by atoms with van der Waals surface area (Å²) in [5, 5.41) is 24.4. The molecule has 1 amide bonds. The normalized spacial score (nSPS) is 19.5. The predicted octanol–water partition coefficient (Wildman–Crippen LogP) is 5.81. The van der Waals surface area contributed by atoms with Crippen molar-refractivity contribution >= 4 is 34.2 Å². The fourth-order valence-electron chi connectivity index (χ4n) is 8.81. The first-order chi connectivity index (χ1) is 25.4. The van der Waals surface area contributed by atoms with E-state index >= 15 is 0 Å². The average Bonchev–Trinajstić information content (AvgIpc) is 3.69. The maximum absolute atomic E-state index is 12.0. The molecule has 4 aliphatic rings. The molecule has 4 aromatic rings. The number of piperazine rings is 1. The number of aliphatic hydroxyl groups is 1. The van der Waals surface area contributed by atoms with Gasteiger partial charge < -0.3 is 39.4 Å². The second-order valence-electron chi connectivity index (χ2n) is 14.6. The third-order valence-corrected chi connectivity index (χ3v) is 11.5. The van der Waals surface area contributed by atoms with Crippen molar-refractivity contribution in [2.24, 2.45) is 0 Å². The number of anilines is 2. The second kappa shape index (κ2) is 14.7. The van der Waals surface area contributed by atoms with Crippen molar-refractivity contribution in [1.82, 2.24) is 14.8 Å². The molecule has 3 N–H and O–H groups in total. The number of ether oxygens (including phenoxy) is 2. The molecule has 1 aromatic heterocycles. The van der Waals surface area contributed by atoms with Crippen LogP contribution in [0.15, 0.2) is 54.6 Å². The number of likely N-dealkylation sites (N-methyl/N-ethyl adjacent to an activating group) is 1. The molecule has 52 heavy (non-hydrogen) atoms. The number of hydrogen-bond acceptors (Lipinski definition) is 8. The number of aromatic nitrogens is 1. The maximum atomic E-state index is 12.0. The lowest BCUT2D eigenvalue weighted by atomic mass is 9.81. The summed E-state index contributed by atoms with van der Waals surface area (Å²) in [7, 11) is 1.67. The molecular formula is C41H49N5O6. The molecule has 11 heteroatoms. The number of carboxylic acids is 1. The molecular weight excluding hydrogens is 658 g/mol. The third kappa shape index (κ3) is 6.67. The Balaban J connectivity index is 1.10. The summed E-state index contributed by atoms with van der Waals surface area (Å²) in [6, 6.07) is 18.1. The molecule has 274 valence electrons. The number of hydrogen-bond donors (Lipinski definition) is 3. The lowest BCUT2D eigenvalue weighted by molar-refractivity contribution is -0.121. The van der Waals surface area contributed by atoms with Crippen LogP contribution >= 0.6 is 0 Å². The van der Waals surface area contributed by atoms with Crippen molar-refractivity contribution in [2.45, 2.75) is 70.2 Å². The molecule has 1 saturated carbocycles. The highest BCUT2D eigenvalue weighted by Gasteiger charge is 2.30. The van der Waals surface area contributed by atoms with E-state index in [0.29, 0.717) is 43.5 Å². The standard InChI is InChI=1S/C41H49N5O6/c1-42-37(47)25-43-16-18-44(19-17-43)34-14-10-30(45-15-5-8-38(45)48)22-29(34)26-52-31-11-13-33-36(24-31)51-21-20-46-35-23-28(41(49)50)9-12-32(35)39(40(33)46)27-6-3-2-4-7-27/h9-14,22-24,27,38,48H,2-8,15-21,25-26H2,1H3,(H,42,47)(H,49,50). The fourth-order valence-corrected chi connectivity index (χ4v) is 8.81. The van der Waals surface area contributed by atoms with Crippen LogP contribution in [0.4, 0.5) is 11.4 Å². The number of carbonyl (C=O) groups excluding carboxylic acids is 1. The number of fused-ring (bicyclic) bond motifs is 5. The number of carboxylic acid groups (broad SMARTS) is 1. The first kappa shape index (κ1) is 34.4. The van der Waals surface area contributed by atoms with Crippen molar-refractivity contribution in [3.8, 4) is 22.8 Å². The van der Waals surface area contributed by atoms with Crippen LogP contribution in [0.3, 0.4) is 0 Å². The zero-order chi connectivity index (χ0) is 35.8. The highest BCUT2D eigenvalue weighted by atomic mass is 16.5. The van der Waals surface area contributed by atoms with Crippen molar-refractivity contribution in [3.05, 3.63) is 71.3 Å². The van der Waals surface area contributed by atoms with Gasteiger partial charge in [-0.25, -0.2) is 4.79 Å². The minimum absolute atomic E-state index is 0.0276. The van der Waals surface area contributed by atoms with E-state index < -0.39 is 12.2 Å². The van der Waals surface area contributed by atoms with Crippen LogP contribution in [0.2, 0.25) is 0 Å². The topological polar surface area (TPSA) is 120 Å². The molecule has 0 bridgehead atoms. The minimum atomic E-state index is -0.919. The minimum Gasteiger partial charge on any atom is -0.491 e. The first-order valence-electron chi connectivity index (χ1n) is 18.9. The van der Waals surface area contributed by atoms with Crippen LogP contribution in [0.5, 0.6) is 11.5 Å². The van der Waals surface area contributed by atoms with Gasteiger partial charge in [0.15, 0.2) is 0 Å². The molecule has 1 aliphatic carbocycles. The smallest absolute Gasteiger partial charge is 0.335 e. The van der Waals surface area contributed by atoms with E-state index in [1.54, 1.807) is 13.1 Å². The van der Waals surface area contributed by atoms with Gasteiger partial charge in [-0.1, -0.05) is 25.3 Å². The average molecular weight is 708 g/mol. The van der Waals surface area contributed by atoms with Gasteiger partial charge in [0, 0.05) is 79.2 Å². The Morgan fingerprint density at radius 2 is 1.73 bits per heavy atom. The Labute approximate surface area is 304 Å². The lowest BCUT2D eigenvalue weighted by Gasteiger charge is -2.37. The summed E-state index contributed by atoms with van der Waals surface area (Å²) in [5.74, 6) is 1.01. The summed E-state index contributed by atoms with van der Waals surface area (Å²) in [5.41, 5.74) is 7.85. The van der Waals surface area contributed by atoms with Crippen molar-refractivity contribution in [3.63, 3.8) is 0 Å². The van der Waals surface area contributed by atoms with Crippen LogP contribution in [0, 0.1) is 0 Å². The number of aromatic carboxylic acids is 1. The van der Waals surface area contributed by atoms with Crippen molar-refractivity contribution < 1.29 is 29.3 Å². The quantitative estimate of drug-likeness (QED) is 0.198. The second-order valence-corrected chi connectivity index (χ2v) is 14.6. The molecule has 3 aromatic carbocycles. The van der Waals surface area contributed by atoms with Gasteiger partial charge in [-0.2, -0.15) is 0 Å². The highest BCUT2D eigenvalue weighted by Crippen LogP contribution is 2.48. The number of nitrogens with zero attached hydrogens (tertiary/aromatic N) is 4. The van der Waals surface area contributed by atoms with Gasteiger partial charge in [-0.15, -0.1) is 0 Å². The van der Waals surface area contributed by atoms with Crippen LogP contribution < -0.4 is 24.6 Å². The van der Waals surface area contributed by atoms with Crippen LogP contribution in [-0.2, 0) is 17.9 Å². The van der Waals surface area contributed by atoms with Crippen LogP contribution in [0.25, 0.3) is 22.2 Å². The van der Waals surface area contributed by atoms with E-state index in [-0.39, 0.29) is 5.91 Å².